The van der Waals surface area contributed by atoms with Crippen molar-refractivity contribution in [3.8, 4) is 0 Å². The van der Waals surface area contributed by atoms with Gasteiger partial charge in [0.25, 0.3) is 0 Å². The molecule has 2 amide bonds. The van der Waals surface area contributed by atoms with Gasteiger partial charge in [0.15, 0.2) is 5.13 Å². The number of carboxylic acid groups (broad SMARTS) is 1. The number of aliphatic hydroxyl groups excluding tert-OH is 1. The van der Waals surface area contributed by atoms with E-state index in [4.69, 9.17) is 5.11 Å². The summed E-state index contributed by atoms with van der Waals surface area (Å²) in [5.74, 6) is -1.11. The Morgan fingerprint density at radius 2 is 2.25 bits per heavy atom. The number of amides is 2. The molecule has 3 N–H and O–H groups in total. The predicted octanol–water partition coefficient (Wildman–Crippen LogP) is 1.07. The van der Waals surface area contributed by atoms with Crippen LogP contribution < -0.4 is 5.32 Å². The van der Waals surface area contributed by atoms with Gasteiger partial charge in [0.05, 0.1) is 11.8 Å². The first kappa shape index (κ1) is 14.7. The Morgan fingerprint density at radius 1 is 1.55 bits per heavy atom. The van der Waals surface area contributed by atoms with Gasteiger partial charge >= 0.3 is 12.0 Å². The summed E-state index contributed by atoms with van der Waals surface area (Å²) in [5.41, 5.74) is 0.918. The highest BCUT2D eigenvalue weighted by atomic mass is 32.1. The molecule has 0 bridgehead atoms. The number of carbonyl (C=O) groups excluding carboxylic acids is 1. The van der Waals surface area contributed by atoms with Gasteiger partial charge in [-0.3, -0.25) is 5.32 Å². The van der Waals surface area contributed by atoms with Crippen molar-refractivity contribution in [3.05, 3.63) is 10.6 Å². The number of anilines is 1. The van der Waals surface area contributed by atoms with Gasteiger partial charge in [0, 0.05) is 17.8 Å². The maximum Gasteiger partial charge on any atom is 0.326 e. The van der Waals surface area contributed by atoms with Gasteiger partial charge in [-0.25, -0.2) is 14.6 Å². The summed E-state index contributed by atoms with van der Waals surface area (Å²) in [6, 6.07) is -1.53. The van der Waals surface area contributed by atoms with E-state index in [1.807, 2.05) is 13.8 Å². The number of likely N-dealkylation sites (tertiary alicyclic amines) is 1. The zero-order valence-electron chi connectivity index (χ0n) is 11.3. The normalized spacial score (nSPS) is 22.1. The van der Waals surface area contributed by atoms with Crippen molar-refractivity contribution in [2.45, 2.75) is 38.8 Å². The molecule has 1 aliphatic rings. The number of hydrogen-bond donors (Lipinski definition) is 3. The molecule has 1 aromatic rings. The van der Waals surface area contributed by atoms with Crippen molar-refractivity contribution in [1.82, 2.24) is 9.88 Å². The lowest BCUT2D eigenvalue weighted by Crippen LogP contribution is -2.43. The van der Waals surface area contributed by atoms with Gasteiger partial charge in [0.1, 0.15) is 6.04 Å². The van der Waals surface area contributed by atoms with Gasteiger partial charge in [-0.15, -0.1) is 11.3 Å². The summed E-state index contributed by atoms with van der Waals surface area (Å²) in [4.78, 5) is 29.6. The predicted molar refractivity (Wildman–Crippen MR) is 74.0 cm³/mol. The van der Waals surface area contributed by atoms with E-state index < -0.39 is 24.1 Å². The highest BCUT2D eigenvalue weighted by Gasteiger charge is 2.39. The van der Waals surface area contributed by atoms with Gasteiger partial charge in [0.2, 0.25) is 0 Å². The quantitative estimate of drug-likeness (QED) is 0.774. The number of carboxylic acids is 1. The van der Waals surface area contributed by atoms with Crippen molar-refractivity contribution in [2.24, 2.45) is 0 Å². The Morgan fingerprint density at radius 3 is 2.80 bits per heavy atom. The van der Waals surface area contributed by atoms with Crippen LogP contribution in [-0.2, 0) is 11.2 Å². The Kier molecular flexibility index (Phi) is 4.24. The number of aromatic nitrogens is 1. The van der Waals surface area contributed by atoms with Crippen molar-refractivity contribution in [3.63, 3.8) is 0 Å². The van der Waals surface area contributed by atoms with E-state index in [-0.39, 0.29) is 13.0 Å². The molecule has 7 nitrogen and oxygen atoms in total. The van der Waals surface area contributed by atoms with Gasteiger partial charge < -0.3 is 15.1 Å². The molecule has 1 aliphatic heterocycles. The molecule has 1 aromatic heterocycles. The van der Waals surface area contributed by atoms with Crippen molar-refractivity contribution in [1.29, 1.82) is 0 Å². The average Bonchev–Trinajstić information content (AvgIpc) is 2.92. The molecular weight excluding hydrogens is 282 g/mol. The molecular formula is C12H17N3O4S. The topological polar surface area (TPSA) is 103 Å². The number of aryl methyl sites for hydroxylation is 2. The average molecular weight is 299 g/mol. The fourth-order valence-corrected chi connectivity index (χ4v) is 3.14. The van der Waals surface area contributed by atoms with Crippen LogP contribution in [0.2, 0.25) is 0 Å². The fourth-order valence-electron chi connectivity index (χ4n) is 2.25. The van der Waals surface area contributed by atoms with E-state index in [0.29, 0.717) is 5.13 Å². The molecule has 8 heteroatoms. The van der Waals surface area contributed by atoms with Gasteiger partial charge in [-0.2, -0.15) is 0 Å². The van der Waals surface area contributed by atoms with Crippen LogP contribution in [0.4, 0.5) is 9.93 Å². The van der Waals surface area contributed by atoms with Crippen LogP contribution >= 0.6 is 11.3 Å². The standard InChI is InChI=1S/C12H17N3O4S/c1-3-8-6(2)20-11(13-8)14-12(19)15-5-7(16)4-9(15)10(17)18/h7,9,16H,3-5H2,1-2H3,(H,17,18)(H,13,14,19)/t7-,9-/m1/s1. The number of carbonyl (C=O) groups is 2. The highest BCUT2D eigenvalue weighted by molar-refractivity contribution is 7.15. The molecule has 0 aromatic carbocycles. The molecule has 2 heterocycles. The van der Waals surface area contributed by atoms with Crippen molar-refractivity contribution >= 4 is 28.5 Å². The fraction of sp³-hybridized carbons (Fsp3) is 0.583. The molecule has 1 saturated heterocycles. The van der Waals surface area contributed by atoms with Crippen molar-refractivity contribution < 1.29 is 19.8 Å². The first-order chi connectivity index (χ1) is 9.42. The van der Waals surface area contributed by atoms with E-state index in [2.05, 4.69) is 10.3 Å². The van der Waals surface area contributed by atoms with E-state index in [0.717, 1.165) is 21.9 Å². The molecule has 0 aliphatic carbocycles. The Balaban J connectivity index is 2.08. The van der Waals surface area contributed by atoms with E-state index in [1.54, 1.807) is 0 Å². The summed E-state index contributed by atoms with van der Waals surface area (Å²) in [6.45, 7) is 3.92. The van der Waals surface area contributed by atoms with Gasteiger partial charge in [-0.05, 0) is 13.3 Å². The summed E-state index contributed by atoms with van der Waals surface area (Å²) in [5, 5.41) is 21.6. The van der Waals surface area contributed by atoms with Gasteiger partial charge in [-0.1, -0.05) is 6.92 Å². The summed E-state index contributed by atoms with van der Waals surface area (Å²) in [7, 11) is 0. The van der Waals surface area contributed by atoms with Crippen LogP contribution in [0, 0.1) is 6.92 Å². The number of thiazole rings is 1. The first-order valence-corrected chi connectivity index (χ1v) is 7.18. The second kappa shape index (κ2) is 5.76. The Labute approximate surface area is 120 Å². The second-order valence-electron chi connectivity index (χ2n) is 4.70. The summed E-state index contributed by atoms with van der Waals surface area (Å²) in [6.07, 6.45) is 0.0317. The van der Waals surface area contributed by atoms with Crippen molar-refractivity contribution in [2.75, 3.05) is 11.9 Å². The number of aliphatic carboxylic acids is 1. The number of aliphatic hydroxyl groups is 1. The molecule has 0 radical (unpaired) electrons. The number of nitrogens with one attached hydrogen (secondary N) is 1. The minimum Gasteiger partial charge on any atom is -0.480 e. The lowest BCUT2D eigenvalue weighted by molar-refractivity contribution is -0.141. The number of urea groups is 1. The highest BCUT2D eigenvalue weighted by Crippen LogP contribution is 2.24. The minimum atomic E-state index is -1.11. The monoisotopic (exact) mass is 299 g/mol. The zero-order valence-corrected chi connectivity index (χ0v) is 12.1. The number of nitrogens with zero attached hydrogens (tertiary/aromatic N) is 2. The second-order valence-corrected chi connectivity index (χ2v) is 5.90. The zero-order chi connectivity index (χ0) is 14.9. The summed E-state index contributed by atoms with van der Waals surface area (Å²) >= 11 is 1.36. The third-order valence-corrected chi connectivity index (χ3v) is 4.19. The van der Waals surface area contributed by atoms with E-state index >= 15 is 0 Å². The van der Waals surface area contributed by atoms with Crippen LogP contribution in [-0.4, -0.2) is 50.8 Å². The molecule has 0 unspecified atom stereocenters. The van der Waals surface area contributed by atoms with E-state index in [9.17, 15) is 14.7 Å². The molecule has 0 spiro atoms. The number of hydrogen-bond acceptors (Lipinski definition) is 5. The molecule has 2 atom stereocenters. The molecule has 20 heavy (non-hydrogen) atoms. The van der Waals surface area contributed by atoms with Crippen LogP contribution in [0.3, 0.4) is 0 Å². The van der Waals surface area contributed by atoms with Crippen LogP contribution in [0.15, 0.2) is 0 Å². The largest absolute Gasteiger partial charge is 0.480 e. The lowest BCUT2D eigenvalue weighted by atomic mass is 10.2. The maximum atomic E-state index is 12.1. The molecule has 0 saturated carbocycles. The first-order valence-electron chi connectivity index (χ1n) is 6.37. The number of rotatable bonds is 3. The Bertz CT molecular complexity index is 531. The molecule has 2 rings (SSSR count). The SMILES string of the molecule is CCc1nc(NC(=O)N2C[C@H](O)C[C@@H]2C(=O)O)sc1C. The third-order valence-electron chi connectivity index (χ3n) is 3.27. The number of β-amino-alcohol motifs (C(OH)–C–C–N with tert-alkyl or cyclic N) is 1. The Hall–Kier alpha value is -1.67. The molecule has 110 valence electrons. The maximum absolute atomic E-state index is 12.1. The van der Waals surface area contributed by atoms with Crippen LogP contribution in [0.5, 0.6) is 0 Å². The lowest BCUT2D eigenvalue weighted by Gasteiger charge is -2.20. The molecule has 1 fully saturated rings. The van der Waals surface area contributed by atoms with Crippen LogP contribution in [0.25, 0.3) is 0 Å². The summed E-state index contributed by atoms with van der Waals surface area (Å²) < 4.78 is 0. The van der Waals surface area contributed by atoms with Crippen LogP contribution in [0.1, 0.15) is 23.9 Å². The van der Waals surface area contributed by atoms with E-state index in [1.165, 1.54) is 11.3 Å². The minimum absolute atomic E-state index is 0.0216. The smallest absolute Gasteiger partial charge is 0.326 e. The third kappa shape index (κ3) is 2.91.